The molecule has 1 fully saturated rings. The number of benzene rings is 2. The van der Waals surface area contributed by atoms with Gasteiger partial charge in [0, 0.05) is 35.1 Å². The Morgan fingerprint density at radius 2 is 1.70 bits per heavy atom. The number of nitrogens with one attached hydrogen (secondary N) is 1. The van der Waals surface area contributed by atoms with Crippen LogP contribution in [-0.2, 0) is 16.8 Å². The maximum Gasteiger partial charge on any atom is 0.225 e. The van der Waals surface area contributed by atoms with E-state index in [0.29, 0.717) is 17.9 Å². The van der Waals surface area contributed by atoms with E-state index in [9.17, 15) is 4.79 Å². The molecule has 1 unspecified atom stereocenters. The van der Waals surface area contributed by atoms with Crippen LogP contribution < -0.4 is 0 Å². The van der Waals surface area contributed by atoms with Crippen LogP contribution in [0.2, 0.25) is 0 Å². The largest absolute Gasteiger partial charge is 0.356 e. The molecule has 1 aromatic heterocycles. The normalized spacial score (nSPS) is 23.9. The first-order valence-electron chi connectivity index (χ1n) is 12.6. The molecule has 1 atom stereocenters. The number of para-hydroxylation sites is 1. The minimum absolute atomic E-state index is 0.0179. The number of hydrogen-bond acceptors (Lipinski definition) is 2. The molecule has 174 valence electrons. The Balaban J connectivity index is 1.52. The molecule has 0 radical (unpaired) electrons. The lowest BCUT2D eigenvalue weighted by molar-refractivity contribution is -0.145. The highest BCUT2D eigenvalue weighted by Crippen LogP contribution is 2.51. The van der Waals surface area contributed by atoms with E-state index in [-0.39, 0.29) is 11.5 Å². The smallest absolute Gasteiger partial charge is 0.225 e. The third kappa shape index (κ3) is 3.69. The molecule has 0 saturated heterocycles. The van der Waals surface area contributed by atoms with Gasteiger partial charge in [-0.15, -0.1) is 0 Å². The van der Waals surface area contributed by atoms with Crippen molar-refractivity contribution in [3.8, 4) is 0 Å². The Morgan fingerprint density at radius 3 is 2.36 bits per heavy atom. The van der Waals surface area contributed by atoms with Crippen LogP contribution in [0, 0.1) is 11.8 Å². The molecular formula is C29H37N3O. The molecule has 1 aliphatic heterocycles. The summed E-state index contributed by atoms with van der Waals surface area (Å²) in [6.07, 6.45) is 5.22. The lowest BCUT2D eigenvalue weighted by Crippen LogP contribution is -2.56. The maximum absolute atomic E-state index is 13.4. The molecule has 1 amide bonds. The summed E-state index contributed by atoms with van der Waals surface area (Å²) in [5.41, 5.74) is 5.14. The minimum Gasteiger partial charge on any atom is -0.356 e. The van der Waals surface area contributed by atoms with Gasteiger partial charge in [-0.05, 0) is 69.3 Å². The Labute approximate surface area is 198 Å². The zero-order valence-corrected chi connectivity index (χ0v) is 20.5. The van der Waals surface area contributed by atoms with Crippen molar-refractivity contribution in [3.63, 3.8) is 0 Å². The molecule has 2 heterocycles. The van der Waals surface area contributed by atoms with Gasteiger partial charge in [-0.2, -0.15) is 0 Å². The van der Waals surface area contributed by atoms with E-state index in [1.807, 2.05) is 13.8 Å². The van der Waals surface area contributed by atoms with Gasteiger partial charge in [0.1, 0.15) is 0 Å². The van der Waals surface area contributed by atoms with E-state index in [1.54, 1.807) is 0 Å². The fourth-order valence-electron chi connectivity index (χ4n) is 6.66. The van der Waals surface area contributed by atoms with Gasteiger partial charge in [0.25, 0.3) is 0 Å². The quantitative estimate of drug-likeness (QED) is 0.545. The van der Waals surface area contributed by atoms with Gasteiger partial charge in [0.05, 0.1) is 5.54 Å². The van der Waals surface area contributed by atoms with E-state index in [0.717, 1.165) is 38.6 Å². The fraction of sp³-hybridized carbons (Fsp3) is 0.483. The van der Waals surface area contributed by atoms with Crippen LogP contribution in [0.3, 0.4) is 0 Å². The second-order valence-electron chi connectivity index (χ2n) is 10.6. The molecule has 3 aromatic rings. The molecule has 1 N–H and O–H groups in total. The van der Waals surface area contributed by atoms with Crippen molar-refractivity contribution in [1.29, 1.82) is 0 Å². The highest BCUT2D eigenvalue weighted by molar-refractivity contribution is 5.87. The second kappa shape index (κ2) is 8.64. The second-order valence-corrected chi connectivity index (χ2v) is 10.6. The van der Waals surface area contributed by atoms with E-state index in [4.69, 9.17) is 0 Å². The average Bonchev–Trinajstić information content (AvgIpc) is 3.21. The van der Waals surface area contributed by atoms with E-state index >= 15 is 0 Å². The van der Waals surface area contributed by atoms with Crippen molar-refractivity contribution >= 4 is 16.8 Å². The van der Waals surface area contributed by atoms with Crippen molar-refractivity contribution in [2.24, 2.45) is 11.8 Å². The summed E-state index contributed by atoms with van der Waals surface area (Å²) < 4.78 is 0. The van der Waals surface area contributed by atoms with E-state index < -0.39 is 0 Å². The fourth-order valence-corrected chi connectivity index (χ4v) is 6.66. The number of amides is 1. The topological polar surface area (TPSA) is 39.3 Å². The van der Waals surface area contributed by atoms with Crippen LogP contribution >= 0.6 is 0 Å². The van der Waals surface area contributed by atoms with Crippen LogP contribution in [-0.4, -0.2) is 41.3 Å². The number of fused-ring (bicyclic) bond motifs is 4. The van der Waals surface area contributed by atoms with Gasteiger partial charge in [0.15, 0.2) is 0 Å². The van der Waals surface area contributed by atoms with Crippen molar-refractivity contribution in [1.82, 2.24) is 14.8 Å². The van der Waals surface area contributed by atoms with Crippen molar-refractivity contribution in [2.45, 2.75) is 57.5 Å². The Morgan fingerprint density at radius 1 is 1.03 bits per heavy atom. The molecule has 0 bridgehead atoms. The monoisotopic (exact) mass is 443 g/mol. The van der Waals surface area contributed by atoms with Gasteiger partial charge in [0.2, 0.25) is 5.91 Å². The van der Waals surface area contributed by atoms with Gasteiger partial charge in [-0.3, -0.25) is 4.79 Å². The van der Waals surface area contributed by atoms with E-state index in [2.05, 4.69) is 83.5 Å². The molecule has 1 spiro atoms. The van der Waals surface area contributed by atoms with Crippen molar-refractivity contribution in [2.75, 3.05) is 20.6 Å². The zero-order chi connectivity index (χ0) is 23.2. The van der Waals surface area contributed by atoms with Crippen LogP contribution in [0.15, 0.2) is 54.6 Å². The number of carbonyl (C=O) groups is 1. The molecule has 2 aliphatic rings. The Bertz CT molecular complexity index is 1120. The summed E-state index contributed by atoms with van der Waals surface area (Å²) in [4.78, 5) is 21.9. The van der Waals surface area contributed by atoms with Crippen LogP contribution in [0.25, 0.3) is 10.9 Å². The number of H-pyrrole nitrogens is 1. The zero-order valence-electron chi connectivity index (χ0n) is 20.5. The lowest BCUT2D eigenvalue weighted by Gasteiger charge is -2.52. The number of rotatable bonds is 4. The minimum atomic E-state index is -0.210. The summed E-state index contributed by atoms with van der Waals surface area (Å²) in [6.45, 7) is 4.91. The molecule has 4 heteroatoms. The molecule has 2 aromatic carbocycles. The Kier molecular flexibility index (Phi) is 5.82. The highest BCUT2D eigenvalue weighted by Gasteiger charge is 2.49. The first-order valence-corrected chi connectivity index (χ1v) is 12.6. The first-order chi connectivity index (χ1) is 15.9. The van der Waals surface area contributed by atoms with E-state index in [1.165, 1.54) is 27.7 Å². The van der Waals surface area contributed by atoms with Crippen LogP contribution in [0.1, 0.15) is 62.4 Å². The summed E-state index contributed by atoms with van der Waals surface area (Å²) in [6, 6.07) is 20.0. The van der Waals surface area contributed by atoms with Crippen molar-refractivity contribution < 1.29 is 4.79 Å². The number of aromatic amines is 1. The summed E-state index contributed by atoms with van der Waals surface area (Å²) >= 11 is 0. The summed E-state index contributed by atoms with van der Waals surface area (Å²) in [7, 11) is 4.40. The number of aromatic nitrogens is 1. The van der Waals surface area contributed by atoms with Gasteiger partial charge < -0.3 is 14.8 Å². The third-order valence-electron chi connectivity index (χ3n) is 8.14. The van der Waals surface area contributed by atoms with Crippen LogP contribution in [0.5, 0.6) is 0 Å². The summed E-state index contributed by atoms with van der Waals surface area (Å²) in [5, 5.41) is 1.33. The molecule has 1 aliphatic carbocycles. The predicted molar refractivity (Wildman–Crippen MR) is 135 cm³/mol. The van der Waals surface area contributed by atoms with Gasteiger partial charge in [-0.1, -0.05) is 62.4 Å². The summed E-state index contributed by atoms with van der Waals surface area (Å²) in [5.74, 6) is 0.896. The molecular weight excluding hydrogens is 406 g/mol. The number of nitrogens with zero attached hydrogens (tertiary/aromatic N) is 2. The highest BCUT2D eigenvalue weighted by atomic mass is 16.2. The Hall–Kier alpha value is -2.59. The molecule has 1 saturated carbocycles. The third-order valence-corrected chi connectivity index (χ3v) is 8.14. The average molecular weight is 444 g/mol. The lowest BCUT2D eigenvalue weighted by atomic mass is 9.68. The molecule has 4 nitrogen and oxygen atoms in total. The standard InChI is InChI=1S/C29H37N3O/c1-20(2)28(33)32-19-16-24-23-12-8-9-13-25(23)30-27(24)29(32)17-14-22(15-18-29)26(31(3)4)21-10-6-5-7-11-21/h5-13,20,22,26,30H,14-19H2,1-4H3. The number of carbonyl (C=O) groups excluding carboxylic acids is 1. The predicted octanol–water partition coefficient (Wildman–Crippen LogP) is 5.90. The van der Waals surface area contributed by atoms with Crippen LogP contribution in [0.4, 0.5) is 0 Å². The number of hydrogen-bond donors (Lipinski definition) is 1. The van der Waals surface area contributed by atoms with Crippen molar-refractivity contribution in [3.05, 3.63) is 71.4 Å². The first kappa shape index (κ1) is 22.2. The molecule has 5 rings (SSSR count). The van der Waals surface area contributed by atoms with Gasteiger partial charge >= 0.3 is 0 Å². The SMILES string of the molecule is CC(C)C(=O)N1CCc2c([nH]c3ccccc23)C12CCC(C(c1ccccc1)N(C)C)CC2. The maximum atomic E-state index is 13.4. The van der Waals surface area contributed by atoms with Gasteiger partial charge in [-0.25, -0.2) is 0 Å². The molecule has 33 heavy (non-hydrogen) atoms.